The minimum absolute atomic E-state index is 0.0592. The van der Waals surface area contributed by atoms with Crippen LogP contribution in [-0.4, -0.2) is 23.1 Å². The van der Waals surface area contributed by atoms with Crippen LogP contribution in [0.4, 0.5) is 5.69 Å². The molecule has 2 rings (SSSR count). The van der Waals surface area contributed by atoms with Gasteiger partial charge in [-0.3, -0.25) is 4.79 Å². The second-order valence-electron chi connectivity index (χ2n) is 6.91. The number of aromatic carboxylic acids is 1. The number of rotatable bonds is 5. The molecule has 0 radical (unpaired) electrons. The predicted molar refractivity (Wildman–Crippen MR) is 97.3 cm³/mol. The van der Waals surface area contributed by atoms with Crippen LogP contribution in [0.2, 0.25) is 0 Å². The van der Waals surface area contributed by atoms with Crippen LogP contribution >= 0.6 is 0 Å². The van der Waals surface area contributed by atoms with Gasteiger partial charge in [0.2, 0.25) is 0 Å². The first-order chi connectivity index (χ1) is 11.7. The van der Waals surface area contributed by atoms with Gasteiger partial charge in [0, 0.05) is 5.69 Å². The number of amides is 1. The van der Waals surface area contributed by atoms with Gasteiger partial charge in [0.25, 0.3) is 5.91 Å². The van der Waals surface area contributed by atoms with E-state index in [-0.39, 0.29) is 16.9 Å². The predicted octanol–water partition coefficient (Wildman–Crippen LogP) is 4.09. The molecule has 0 heterocycles. The summed E-state index contributed by atoms with van der Waals surface area (Å²) in [4.78, 5) is 23.0. The third-order valence-corrected chi connectivity index (χ3v) is 3.80. The van der Waals surface area contributed by atoms with Crippen LogP contribution in [-0.2, 0) is 10.2 Å². The summed E-state index contributed by atoms with van der Waals surface area (Å²) in [5, 5.41) is 11.6. The largest absolute Gasteiger partial charge is 0.481 e. The zero-order valence-electron chi connectivity index (χ0n) is 14.9. The third-order valence-electron chi connectivity index (χ3n) is 3.80. The standard InChI is InChI=1S/C20H23NO4/c1-13(25-17-11-7-15(8-12-17)20(2,3)4)18(22)21-16-9-5-14(6-10-16)19(23)24/h5-13H,1-4H3,(H,21,22)(H,23,24)/t13-/m0/s1. The molecule has 0 aliphatic rings. The summed E-state index contributed by atoms with van der Waals surface area (Å²) in [6.45, 7) is 8.07. The quantitative estimate of drug-likeness (QED) is 0.859. The average Bonchev–Trinajstić information content (AvgIpc) is 2.55. The second kappa shape index (κ2) is 7.38. The van der Waals surface area contributed by atoms with E-state index in [2.05, 4.69) is 26.1 Å². The van der Waals surface area contributed by atoms with Gasteiger partial charge in [-0.2, -0.15) is 0 Å². The Bertz CT molecular complexity index is 743. The molecule has 0 bridgehead atoms. The van der Waals surface area contributed by atoms with Crippen LogP contribution in [0.25, 0.3) is 0 Å². The zero-order chi connectivity index (χ0) is 18.6. The summed E-state index contributed by atoms with van der Waals surface area (Å²) in [7, 11) is 0. The van der Waals surface area contributed by atoms with E-state index in [4.69, 9.17) is 9.84 Å². The van der Waals surface area contributed by atoms with Crippen molar-refractivity contribution in [2.75, 3.05) is 5.32 Å². The molecule has 0 saturated heterocycles. The molecule has 0 aliphatic carbocycles. The van der Waals surface area contributed by atoms with Crippen molar-refractivity contribution in [1.29, 1.82) is 0 Å². The van der Waals surface area contributed by atoms with Gasteiger partial charge < -0.3 is 15.2 Å². The van der Waals surface area contributed by atoms with E-state index in [1.807, 2.05) is 24.3 Å². The third kappa shape index (κ3) is 5.08. The van der Waals surface area contributed by atoms with E-state index in [0.29, 0.717) is 11.4 Å². The summed E-state index contributed by atoms with van der Waals surface area (Å²) in [5.41, 5.74) is 1.94. The normalized spacial score (nSPS) is 12.3. The smallest absolute Gasteiger partial charge is 0.335 e. The Morgan fingerprint density at radius 1 is 1.00 bits per heavy atom. The minimum atomic E-state index is -1.01. The first-order valence-electron chi connectivity index (χ1n) is 8.08. The molecule has 0 fully saturated rings. The molecule has 5 nitrogen and oxygen atoms in total. The number of nitrogens with one attached hydrogen (secondary N) is 1. The van der Waals surface area contributed by atoms with Gasteiger partial charge in [-0.15, -0.1) is 0 Å². The molecule has 1 amide bonds. The van der Waals surface area contributed by atoms with Crippen LogP contribution in [0.3, 0.4) is 0 Å². The van der Waals surface area contributed by atoms with Crippen molar-refractivity contribution >= 4 is 17.6 Å². The van der Waals surface area contributed by atoms with Crippen LogP contribution in [0.5, 0.6) is 5.75 Å². The Morgan fingerprint density at radius 3 is 2.04 bits per heavy atom. The first kappa shape index (κ1) is 18.5. The van der Waals surface area contributed by atoms with Crippen molar-refractivity contribution in [3.05, 3.63) is 59.7 Å². The van der Waals surface area contributed by atoms with Gasteiger partial charge in [0.15, 0.2) is 6.10 Å². The van der Waals surface area contributed by atoms with Crippen LogP contribution in [0.15, 0.2) is 48.5 Å². The number of carboxylic acid groups (broad SMARTS) is 1. The summed E-state index contributed by atoms with van der Waals surface area (Å²) in [5.74, 6) is -0.687. The second-order valence-corrected chi connectivity index (χ2v) is 6.91. The van der Waals surface area contributed by atoms with E-state index in [0.717, 1.165) is 0 Å². The summed E-state index contributed by atoms with van der Waals surface area (Å²) < 4.78 is 5.67. The number of carbonyl (C=O) groups is 2. The Balaban J connectivity index is 1.96. The van der Waals surface area contributed by atoms with Crippen molar-refractivity contribution in [1.82, 2.24) is 0 Å². The number of hydrogen-bond donors (Lipinski definition) is 2. The number of ether oxygens (including phenoxy) is 1. The average molecular weight is 341 g/mol. The molecule has 0 aliphatic heterocycles. The Kier molecular flexibility index (Phi) is 5.47. The van der Waals surface area contributed by atoms with Crippen molar-refractivity contribution < 1.29 is 19.4 Å². The molecule has 2 aromatic carbocycles. The molecule has 5 heteroatoms. The summed E-state index contributed by atoms with van der Waals surface area (Å²) in [6, 6.07) is 13.7. The summed E-state index contributed by atoms with van der Waals surface area (Å²) in [6.07, 6.45) is -0.681. The molecule has 132 valence electrons. The highest BCUT2D eigenvalue weighted by molar-refractivity contribution is 5.95. The van der Waals surface area contributed by atoms with Crippen molar-refractivity contribution in [3.63, 3.8) is 0 Å². The van der Waals surface area contributed by atoms with Gasteiger partial charge in [-0.25, -0.2) is 4.79 Å². The van der Waals surface area contributed by atoms with Gasteiger partial charge >= 0.3 is 5.97 Å². The molecule has 2 aromatic rings. The highest BCUT2D eigenvalue weighted by Crippen LogP contribution is 2.24. The van der Waals surface area contributed by atoms with Gasteiger partial charge in [0.05, 0.1) is 5.56 Å². The van der Waals surface area contributed by atoms with E-state index in [9.17, 15) is 9.59 Å². The minimum Gasteiger partial charge on any atom is -0.481 e. The molecule has 0 aromatic heterocycles. The fraction of sp³-hybridized carbons (Fsp3) is 0.300. The van der Waals surface area contributed by atoms with Crippen molar-refractivity contribution in [3.8, 4) is 5.75 Å². The monoisotopic (exact) mass is 341 g/mol. The van der Waals surface area contributed by atoms with Gasteiger partial charge in [-0.1, -0.05) is 32.9 Å². The van der Waals surface area contributed by atoms with Crippen molar-refractivity contribution in [2.24, 2.45) is 0 Å². The van der Waals surface area contributed by atoms with Crippen LogP contribution in [0, 0.1) is 0 Å². The van der Waals surface area contributed by atoms with Gasteiger partial charge in [0.1, 0.15) is 5.75 Å². The Hall–Kier alpha value is -2.82. The zero-order valence-corrected chi connectivity index (χ0v) is 14.9. The molecular weight excluding hydrogens is 318 g/mol. The SMILES string of the molecule is C[C@H](Oc1ccc(C(C)(C)C)cc1)C(=O)Nc1ccc(C(=O)O)cc1. The number of carboxylic acids is 1. The topological polar surface area (TPSA) is 75.6 Å². The highest BCUT2D eigenvalue weighted by Gasteiger charge is 2.17. The van der Waals surface area contributed by atoms with E-state index in [1.165, 1.54) is 17.7 Å². The van der Waals surface area contributed by atoms with E-state index >= 15 is 0 Å². The van der Waals surface area contributed by atoms with Crippen LogP contribution in [0.1, 0.15) is 43.6 Å². The molecule has 1 atom stereocenters. The lowest BCUT2D eigenvalue weighted by molar-refractivity contribution is -0.122. The number of carbonyl (C=O) groups excluding carboxylic acids is 1. The Labute approximate surface area is 147 Å². The fourth-order valence-corrected chi connectivity index (χ4v) is 2.23. The highest BCUT2D eigenvalue weighted by atomic mass is 16.5. The van der Waals surface area contributed by atoms with Crippen molar-refractivity contribution in [2.45, 2.75) is 39.2 Å². The van der Waals surface area contributed by atoms with E-state index in [1.54, 1.807) is 19.1 Å². The molecule has 25 heavy (non-hydrogen) atoms. The number of benzene rings is 2. The van der Waals surface area contributed by atoms with Gasteiger partial charge in [-0.05, 0) is 54.3 Å². The lowest BCUT2D eigenvalue weighted by Crippen LogP contribution is -2.30. The molecule has 0 spiro atoms. The number of anilines is 1. The maximum Gasteiger partial charge on any atom is 0.335 e. The molecular formula is C20H23NO4. The molecule has 2 N–H and O–H groups in total. The summed E-state index contributed by atoms with van der Waals surface area (Å²) >= 11 is 0. The van der Waals surface area contributed by atoms with E-state index < -0.39 is 12.1 Å². The maximum absolute atomic E-state index is 12.2. The maximum atomic E-state index is 12.2. The Morgan fingerprint density at radius 2 is 1.56 bits per heavy atom. The first-order valence-corrected chi connectivity index (χ1v) is 8.08. The molecule has 0 saturated carbocycles. The van der Waals surface area contributed by atoms with Crippen LogP contribution < -0.4 is 10.1 Å². The lowest BCUT2D eigenvalue weighted by Gasteiger charge is -2.20. The lowest BCUT2D eigenvalue weighted by atomic mass is 9.87. The number of hydrogen-bond acceptors (Lipinski definition) is 3. The fourth-order valence-electron chi connectivity index (χ4n) is 2.23. The molecule has 0 unspecified atom stereocenters.